The van der Waals surface area contributed by atoms with Crippen molar-refractivity contribution in [1.82, 2.24) is 9.88 Å². The Bertz CT molecular complexity index is 557. The Morgan fingerprint density at radius 1 is 1.24 bits per heavy atom. The zero-order chi connectivity index (χ0) is 15.2. The second kappa shape index (κ2) is 7.20. The molecule has 0 saturated heterocycles. The average Bonchev–Trinajstić information content (AvgIpc) is 2.48. The number of hydrogen-bond donors (Lipinski definition) is 1. The third kappa shape index (κ3) is 4.03. The number of hydrogen-bond acceptors (Lipinski definition) is 4. The van der Waals surface area contributed by atoms with Gasteiger partial charge in [0.25, 0.3) is 0 Å². The van der Waals surface area contributed by atoms with Gasteiger partial charge in [0, 0.05) is 31.0 Å². The predicted molar refractivity (Wildman–Crippen MR) is 85.1 cm³/mol. The minimum Gasteiger partial charge on any atom is -0.497 e. The number of nitrogens with zero attached hydrogens (tertiary/aromatic N) is 2. The van der Waals surface area contributed by atoms with Crippen LogP contribution >= 0.6 is 0 Å². The predicted octanol–water partition coefficient (Wildman–Crippen LogP) is 2.61. The second-order valence-corrected chi connectivity index (χ2v) is 5.35. The molecule has 21 heavy (non-hydrogen) atoms. The average molecular weight is 285 g/mol. The Morgan fingerprint density at radius 2 is 1.95 bits per heavy atom. The van der Waals surface area contributed by atoms with E-state index >= 15 is 0 Å². The molecule has 0 fully saturated rings. The summed E-state index contributed by atoms with van der Waals surface area (Å²) < 4.78 is 5.32. The first-order valence-electron chi connectivity index (χ1n) is 7.10. The lowest BCUT2D eigenvalue weighted by Gasteiger charge is -2.31. The molecule has 0 radical (unpaired) electrons. The Kier molecular flexibility index (Phi) is 5.31. The van der Waals surface area contributed by atoms with Crippen molar-refractivity contribution < 1.29 is 4.74 Å². The molecular formula is C17H23N3O. The van der Waals surface area contributed by atoms with E-state index in [2.05, 4.69) is 29.1 Å². The van der Waals surface area contributed by atoms with Gasteiger partial charge in [0.05, 0.1) is 7.11 Å². The molecule has 1 aromatic carbocycles. The van der Waals surface area contributed by atoms with E-state index in [-0.39, 0.29) is 12.1 Å². The zero-order valence-corrected chi connectivity index (χ0v) is 12.9. The third-order valence-electron chi connectivity index (χ3n) is 3.59. The number of nitrogens with two attached hydrogens (primary N) is 1. The van der Waals surface area contributed by atoms with Gasteiger partial charge in [-0.25, -0.2) is 0 Å². The quantitative estimate of drug-likeness (QED) is 0.886. The first kappa shape index (κ1) is 15.5. The first-order valence-corrected chi connectivity index (χ1v) is 7.10. The standard InChI is InChI=1S/C17H23N3O/c1-13(18)17(15-5-4-6-16(11-15)21-3)20(2)12-14-7-9-19-10-8-14/h4-11,13,17H,12,18H2,1-3H3. The van der Waals surface area contributed by atoms with Gasteiger partial charge in [-0.05, 0) is 49.4 Å². The highest BCUT2D eigenvalue weighted by molar-refractivity contribution is 5.31. The second-order valence-electron chi connectivity index (χ2n) is 5.35. The molecule has 0 aliphatic rings. The molecule has 1 heterocycles. The van der Waals surface area contributed by atoms with Crippen LogP contribution in [0.4, 0.5) is 0 Å². The monoisotopic (exact) mass is 285 g/mol. The molecule has 2 rings (SSSR count). The van der Waals surface area contributed by atoms with Crippen LogP contribution < -0.4 is 10.5 Å². The van der Waals surface area contributed by atoms with Crippen molar-refractivity contribution in [2.45, 2.75) is 25.6 Å². The van der Waals surface area contributed by atoms with E-state index in [1.165, 1.54) is 11.1 Å². The van der Waals surface area contributed by atoms with Gasteiger partial charge in [0.1, 0.15) is 5.75 Å². The summed E-state index contributed by atoms with van der Waals surface area (Å²) in [6.45, 7) is 2.86. The van der Waals surface area contributed by atoms with Crippen LogP contribution in [0.5, 0.6) is 5.75 Å². The smallest absolute Gasteiger partial charge is 0.119 e. The summed E-state index contributed by atoms with van der Waals surface area (Å²) in [5, 5.41) is 0. The van der Waals surface area contributed by atoms with E-state index in [1.54, 1.807) is 7.11 Å². The summed E-state index contributed by atoms with van der Waals surface area (Å²) >= 11 is 0. The molecule has 112 valence electrons. The van der Waals surface area contributed by atoms with Gasteiger partial charge in [0.15, 0.2) is 0 Å². The minimum absolute atomic E-state index is 0.0175. The maximum Gasteiger partial charge on any atom is 0.119 e. The number of ether oxygens (including phenoxy) is 1. The van der Waals surface area contributed by atoms with Gasteiger partial charge in [-0.3, -0.25) is 9.88 Å². The van der Waals surface area contributed by atoms with Crippen molar-refractivity contribution >= 4 is 0 Å². The van der Waals surface area contributed by atoms with Gasteiger partial charge < -0.3 is 10.5 Å². The highest BCUT2D eigenvalue weighted by atomic mass is 16.5. The summed E-state index contributed by atoms with van der Waals surface area (Å²) in [6, 6.07) is 12.3. The van der Waals surface area contributed by atoms with E-state index in [1.807, 2.05) is 43.6 Å². The fraction of sp³-hybridized carbons (Fsp3) is 0.353. The van der Waals surface area contributed by atoms with Crippen LogP contribution in [0.2, 0.25) is 0 Å². The van der Waals surface area contributed by atoms with Crippen LogP contribution in [-0.4, -0.2) is 30.1 Å². The fourth-order valence-electron chi connectivity index (χ4n) is 2.66. The molecule has 0 bridgehead atoms. The summed E-state index contributed by atoms with van der Waals surface area (Å²) in [4.78, 5) is 6.31. The molecule has 2 atom stereocenters. The van der Waals surface area contributed by atoms with E-state index in [4.69, 9.17) is 10.5 Å². The number of rotatable bonds is 6. The number of pyridine rings is 1. The molecule has 0 spiro atoms. The van der Waals surface area contributed by atoms with E-state index in [0.29, 0.717) is 0 Å². The molecule has 2 aromatic rings. The van der Waals surface area contributed by atoms with Crippen LogP contribution in [0.1, 0.15) is 24.1 Å². The highest BCUT2D eigenvalue weighted by Gasteiger charge is 2.21. The lowest BCUT2D eigenvalue weighted by Crippen LogP contribution is -2.36. The van der Waals surface area contributed by atoms with Crippen LogP contribution in [-0.2, 0) is 6.54 Å². The molecular weight excluding hydrogens is 262 g/mol. The van der Waals surface area contributed by atoms with Crippen LogP contribution in [0, 0.1) is 0 Å². The Labute approximate surface area is 126 Å². The summed E-state index contributed by atoms with van der Waals surface area (Å²) in [7, 11) is 3.77. The van der Waals surface area contributed by atoms with Crippen LogP contribution in [0.3, 0.4) is 0 Å². The van der Waals surface area contributed by atoms with Gasteiger partial charge >= 0.3 is 0 Å². The van der Waals surface area contributed by atoms with Gasteiger partial charge in [-0.1, -0.05) is 12.1 Å². The van der Waals surface area contributed by atoms with Gasteiger partial charge in [-0.2, -0.15) is 0 Å². The molecule has 2 N–H and O–H groups in total. The largest absolute Gasteiger partial charge is 0.497 e. The highest BCUT2D eigenvalue weighted by Crippen LogP contribution is 2.26. The van der Waals surface area contributed by atoms with Crippen LogP contribution in [0.15, 0.2) is 48.8 Å². The molecule has 4 nitrogen and oxygen atoms in total. The topological polar surface area (TPSA) is 51.4 Å². The molecule has 0 aliphatic carbocycles. The number of benzene rings is 1. The Morgan fingerprint density at radius 3 is 2.57 bits per heavy atom. The number of methoxy groups -OCH3 is 1. The molecule has 0 aliphatic heterocycles. The molecule has 0 saturated carbocycles. The van der Waals surface area contributed by atoms with Crippen molar-refractivity contribution in [3.05, 3.63) is 59.9 Å². The Balaban J connectivity index is 2.21. The van der Waals surface area contributed by atoms with Crippen LogP contribution in [0.25, 0.3) is 0 Å². The maximum atomic E-state index is 6.22. The van der Waals surface area contributed by atoms with E-state index < -0.39 is 0 Å². The van der Waals surface area contributed by atoms with E-state index in [9.17, 15) is 0 Å². The Hall–Kier alpha value is -1.91. The van der Waals surface area contributed by atoms with Crippen molar-refractivity contribution in [2.24, 2.45) is 5.73 Å². The van der Waals surface area contributed by atoms with Crippen molar-refractivity contribution in [1.29, 1.82) is 0 Å². The van der Waals surface area contributed by atoms with Crippen molar-refractivity contribution in [3.8, 4) is 5.75 Å². The lowest BCUT2D eigenvalue weighted by molar-refractivity contribution is 0.210. The minimum atomic E-state index is 0.0175. The SMILES string of the molecule is COc1cccc(C(C(C)N)N(C)Cc2ccncc2)c1. The summed E-state index contributed by atoms with van der Waals surface area (Å²) in [5.41, 5.74) is 8.61. The zero-order valence-electron chi connectivity index (χ0n) is 12.9. The summed E-state index contributed by atoms with van der Waals surface area (Å²) in [5.74, 6) is 0.857. The molecule has 1 aromatic heterocycles. The maximum absolute atomic E-state index is 6.22. The lowest BCUT2D eigenvalue weighted by atomic mass is 9.99. The van der Waals surface area contributed by atoms with E-state index in [0.717, 1.165) is 12.3 Å². The number of likely N-dealkylation sites (N-methyl/N-ethyl adjacent to an activating group) is 1. The normalized spacial score (nSPS) is 14.0. The number of aromatic nitrogens is 1. The van der Waals surface area contributed by atoms with Gasteiger partial charge in [-0.15, -0.1) is 0 Å². The van der Waals surface area contributed by atoms with Gasteiger partial charge in [0.2, 0.25) is 0 Å². The fourth-order valence-corrected chi connectivity index (χ4v) is 2.66. The molecule has 0 amide bonds. The third-order valence-corrected chi connectivity index (χ3v) is 3.59. The molecule has 4 heteroatoms. The van der Waals surface area contributed by atoms with Crippen molar-refractivity contribution in [3.63, 3.8) is 0 Å². The first-order chi connectivity index (χ1) is 10.1. The molecule has 2 unspecified atom stereocenters. The van der Waals surface area contributed by atoms with Crippen molar-refractivity contribution in [2.75, 3.05) is 14.2 Å². The summed E-state index contributed by atoms with van der Waals surface area (Å²) in [6.07, 6.45) is 3.63.